The minimum absolute atomic E-state index is 0.000867. The van der Waals surface area contributed by atoms with E-state index in [1.807, 2.05) is 12.1 Å². The van der Waals surface area contributed by atoms with Crippen LogP contribution in [0.1, 0.15) is 34.5 Å². The first-order chi connectivity index (χ1) is 22.4. The minimum atomic E-state index is -4.61. The summed E-state index contributed by atoms with van der Waals surface area (Å²) in [5.74, 6) is -1.86. The smallest absolute Gasteiger partial charge is 0.422 e. The lowest BCUT2D eigenvalue weighted by Gasteiger charge is -2.19. The molecule has 0 atom stereocenters. The van der Waals surface area contributed by atoms with Crippen LogP contribution >= 0.6 is 11.6 Å². The van der Waals surface area contributed by atoms with Gasteiger partial charge in [0.05, 0.1) is 5.54 Å². The number of ether oxygens (including phenoxy) is 1. The highest BCUT2D eigenvalue weighted by Crippen LogP contribution is 2.48. The maximum atomic E-state index is 12.9. The molecule has 1 fully saturated rings. The number of halogens is 4. The number of carbonyl (C=O) groups is 3. The molecule has 2 aromatic heterocycles. The molecule has 1 aliphatic rings. The van der Waals surface area contributed by atoms with Crippen molar-refractivity contribution in [1.29, 1.82) is 0 Å². The van der Waals surface area contributed by atoms with Gasteiger partial charge in [-0.15, -0.1) is 0 Å². The molecule has 14 nitrogen and oxygen atoms in total. The van der Waals surface area contributed by atoms with E-state index in [1.165, 1.54) is 30.3 Å². The van der Waals surface area contributed by atoms with Gasteiger partial charge in [-0.1, -0.05) is 28.9 Å². The van der Waals surface area contributed by atoms with Gasteiger partial charge in [0.25, 0.3) is 5.91 Å². The van der Waals surface area contributed by atoms with Gasteiger partial charge < -0.3 is 30.5 Å². The van der Waals surface area contributed by atoms with Gasteiger partial charge in [0.2, 0.25) is 11.9 Å². The summed E-state index contributed by atoms with van der Waals surface area (Å²) in [5, 5.41) is 17.5. The first kappa shape index (κ1) is 32.9. The second kappa shape index (κ2) is 13.9. The van der Waals surface area contributed by atoms with Crippen LogP contribution in [-0.4, -0.2) is 63.7 Å². The second-order valence-electron chi connectivity index (χ2n) is 10.4. The molecule has 246 valence electrons. The van der Waals surface area contributed by atoms with Gasteiger partial charge in [-0.2, -0.15) is 28.1 Å². The maximum Gasteiger partial charge on any atom is 0.422 e. The fourth-order valence-corrected chi connectivity index (χ4v) is 4.37. The summed E-state index contributed by atoms with van der Waals surface area (Å²) < 4.78 is 48.2. The van der Waals surface area contributed by atoms with E-state index in [-0.39, 0.29) is 36.4 Å². The molecule has 0 bridgehead atoms. The molecule has 2 aromatic carbocycles. The molecule has 2 heterocycles. The SMILES string of the molecule is Cc1cc(NC(=O)C(=O)NCCNC(=O)c2ccc(Nc3nc(NC4(c5ccc(Cl)cc5)CC4)nc(OCC(F)(F)F)n3)cc2)no1. The summed E-state index contributed by atoms with van der Waals surface area (Å²) in [7, 11) is 0. The van der Waals surface area contributed by atoms with Gasteiger partial charge in [-0.25, -0.2) is 0 Å². The van der Waals surface area contributed by atoms with E-state index in [0.717, 1.165) is 18.4 Å². The molecule has 0 radical (unpaired) electrons. The Labute approximate surface area is 269 Å². The fourth-order valence-electron chi connectivity index (χ4n) is 4.24. The highest BCUT2D eigenvalue weighted by Gasteiger charge is 2.45. The van der Waals surface area contributed by atoms with Crippen LogP contribution in [0.4, 0.5) is 36.6 Å². The van der Waals surface area contributed by atoms with Crippen LogP contribution in [0.3, 0.4) is 0 Å². The van der Waals surface area contributed by atoms with Crippen molar-refractivity contribution in [2.45, 2.75) is 31.5 Å². The zero-order valence-electron chi connectivity index (χ0n) is 24.6. The lowest BCUT2D eigenvalue weighted by Crippen LogP contribution is -2.40. The van der Waals surface area contributed by atoms with Crippen molar-refractivity contribution in [3.8, 4) is 6.01 Å². The molecule has 47 heavy (non-hydrogen) atoms. The largest absolute Gasteiger partial charge is 0.454 e. The van der Waals surface area contributed by atoms with Gasteiger partial charge in [0, 0.05) is 35.4 Å². The molecule has 0 saturated heterocycles. The van der Waals surface area contributed by atoms with Crippen molar-refractivity contribution in [3.63, 3.8) is 0 Å². The second-order valence-corrected chi connectivity index (χ2v) is 10.8. The first-order valence-corrected chi connectivity index (χ1v) is 14.4. The molecular weight excluding hydrogens is 647 g/mol. The number of aromatic nitrogens is 4. The van der Waals surface area contributed by atoms with Crippen LogP contribution < -0.4 is 31.3 Å². The first-order valence-electron chi connectivity index (χ1n) is 14.1. The zero-order valence-corrected chi connectivity index (χ0v) is 25.3. The summed E-state index contributed by atoms with van der Waals surface area (Å²) in [5.41, 5.74) is 1.08. The van der Waals surface area contributed by atoms with Crippen LogP contribution in [0, 0.1) is 6.92 Å². The summed E-state index contributed by atoms with van der Waals surface area (Å²) in [6.45, 7) is 0.0348. The Kier molecular flexibility index (Phi) is 9.74. The van der Waals surface area contributed by atoms with Crippen molar-refractivity contribution in [2.75, 3.05) is 35.6 Å². The van der Waals surface area contributed by atoms with Crippen molar-refractivity contribution in [3.05, 3.63) is 76.5 Å². The average molecular weight is 674 g/mol. The number of hydrogen-bond donors (Lipinski definition) is 5. The molecule has 18 heteroatoms. The molecule has 3 amide bonds. The topological polar surface area (TPSA) is 185 Å². The van der Waals surface area contributed by atoms with E-state index >= 15 is 0 Å². The zero-order chi connectivity index (χ0) is 33.6. The van der Waals surface area contributed by atoms with E-state index in [4.69, 9.17) is 20.9 Å². The third-order valence-corrected chi connectivity index (χ3v) is 6.90. The van der Waals surface area contributed by atoms with Crippen LogP contribution in [0.5, 0.6) is 6.01 Å². The number of rotatable bonds is 12. The monoisotopic (exact) mass is 673 g/mol. The number of aryl methyl sites for hydroxylation is 1. The number of hydrogen-bond acceptors (Lipinski definition) is 11. The van der Waals surface area contributed by atoms with Crippen LogP contribution in [0.2, 0.25) is 5.02 Å². The van der Waals surface area contributed by atoms with Crippen molar-refractivity contribution in [2.24, 2.45) is 0 Å². The molecule has 0 unspecified atom stereocenters. The van der Waals surface area contributed by atoms with Gasteiger partial charge in [-0.05, 0) is 61.7 Å². The molecule has 5 rings (SSSR count). The normalized spacial score (nSPS) is 13.3. The van der Waals surface area contributed by atoms with Gasteiger partial charge in [0.1, 0.15) is 5.76 Å². The summed E-state index contributed by atoms with van der Waals surface area (Å²) in [4.78, 5) is 48.7. The van der Waals surface area contributed by atoms with E-state index in [0.29, 0.717) is 16.5 Å². The molecule has 5 N–H and O–H groups in total. The van der Waals surface area contributed by atoms with Crippen molar-refractivity contribution in [1.82, 2.24) is 30.7 Å². The minimum Gasteiger partial charge on any atom is -0.454 e. The van der Waals surface area contributed by atoms with Crippen molar-refractivity contribution >= 4 is 52.7 Å². The van der Waals surface area contributed by atoms with Crippen molar-refractivity contribution < 1.29 is 36.8 Å². The number of nitrogens with one attached hydrogen (secondary N) is 5. The number of carbonyl (C=O) groups excluding carboxylic acids is 3. The molecule has 0 spiro atoms. The lowest BCUT2D eigenvalue weighted by atomic mass is 10.1. The Morgan fingerprint density at radius 1 is 0.936 bits per heavy atom. The van der Waals surface area contributed by atoms with E-state index in [9.17, 15) is 27.6 Å². The Bertz CT molecular complexity index is 1750. The van der Waals surface area contributed by atoms with Crippen LogP contribution in [0.25, 0.3) is 0 Å². The van der Waals surface area contributed by atoms with E-state index in [2.05, 4.69) is 46.7 Å². The highest BCUT2D eigenvalue weighted by atomic mass is 35.5. The third kappa shape index (κ3) is 9.29. The summed E-state index contributed by atoms with van der Waals surface area (Å²) in [6.07, 6.45) is -3.14. The van der Waals surface area contributed by atoms with E-state index < -0.39 is 42.1 Å². The number of amides is 3. The highest BCUT2D eigenvalue weighted by molar-refractivity contribution is 6.39. The molecule has 4 aromatic rings. The molecule has 1 aliphatic carbocycles. The number of anilines is 4. The standard InChI is InChI=1S/C29H27ClF3N9O5/c1-16-14-21(42-47-16)37-24(45)23(44)35-13-12-34-22(43)17-2-8-20(9-3-17)36-25-38-26(40-27(39-25)46-15-29(31,32)33)41-28(10-11-28)18-4-6-19(30)7-5-18/h2-9,14H,10-13,15H2,1H3,(H,34,43)(H,35,44)(H,37,42,45)(H2,36,38,39,40,41). The quantitative estimate of drug-likeness (QED) is 0.108. The number of alkyl halides is 3. The Morgan fingerprint density at radius 2 is 1.62 bits per heavy atom. The summed E-state index contributed by atoms with van der Waals surface area (Å²) in [6, 6.07) is 14.1. The van der Waals surface area contributed by atoms with Gasteiger partial charge >= 0.3 is 24.0 Å². The fraction of sp³-hybridized carbons (Fsp3) is 0.276. The molecular formula is C29H27ClF3N9O5. The Morgan fingerprint density at radius 3 is 2.26 bits per heavy atom. The van der Waals surface area contributed by atoms with Gasteiger partial charge in [0.15, 0.2) is 12.4 Å². The molecule has 1 saturated carbocycles. The maximum absolute atomic E-state index is 12.9. The molecule has 0 aliphatic heterocycles. The number of benzene rings is 2. The third-order valence-electron chi connectivity index (χ3n) is 6.65. The Balaban J connectivity index is 1.17. The Hall–Kier alpha value is -5.45. The average Bonchev–Trinajstić information content (AvgIpc) is 3.69. The van der Waals surface area contributed by atoms with E-state index in [1.54, 1.807) is 19.1 Å². The lowest BCUT2D eigenvalue weighted by molar-refractivity contribution is -0.154. The van der Waals surface area contributed by atoms with Crippen LogP contribution in [0.15, 0.2) is 59.1 Å². The predicted molar refractivity (Wildman–Crippen MR) is 162 cm³/mol. The van der Waals surface area contributed by atoms with Gasteiger partial charge in [-0.3, -0.25) is 19.7 Å². The van der Waals surface area contributed by atoms with Crippen LogP contribution in [-0.2, 0) is 15.1 Å². The number of nitrogens with zero attached hydrogens (tertiary/aromatic N) is 4. The summed E-state index contributed by atoms with van der Waals surface area (Å²) >= 11 is 6.01. The predicted octanol–water partition coefficient (Wildman–Crippen LogP) is 4.09.